The third kappa shape index (κ3) is 3.06. The van der Waals surface area contributed by atoms with Gasteiger partial charge in [0.05, 0.1) is 18.9 Å². The second-order valence-corrected chi connectivity index (χ2v) is 8.20. The molecule has 2 atom stereocenters. The Morgan fingerprint density at radius 2 is 2.17 bits per heavy atom. The minimum atomic E-state index is -0.404. The Hall–Kier alpha value is -3.20. The predicted molar refractivity (Wildman–Crippen MR) is 109 cm³/mol. The number of ether oxygens (including phenoxy) is 1. The number of imidazole rings is 1. The topological polar surface area (TPSA) is 98.0 Å². The molecule has 5 heterocycles. The molecular weight excluding hydrogens is 384 g/mol. The van der Waals surface area contributed by atoms with Crippen molar-refractivity contribution >= 4 is 5.97 Å². The van der Waals surface area contributed by atoms with Crippen LogP contribution in [0, 0.1) is 5.92 Å². The van der Waals surface area contributed by atoms with Crippen LogP contribution in [0.4, 0.5) is 0 Å². The number of fused-ring (bicyclic) bond motifs is 4. The molecule has 2 aliphatic heterocycles. The van der Waals surface area contributed by atoms with Crippen LogP contribution in [0.15, 0.2) is 35.5 Å². The molecule has 0 amide bonds. The zero-order chi connectivity index (χ0) is 20.8. The number of methoxy groups -OCH3 is 1. The number of H-pyrrole nitrogens is 1. The first kappa shape index (κ1) is 18.8. The molecular formula is C21H24N6O3. The zero-order valence-corrected chi connectivity index (χ0v) is 17.0. The van der Waals surface area contributed by atoms with Gasteiger partial charge in [0.1, 0.15) is 11.5 Å². The highest BCUT2D eigenvalue weighted by Crippen LogP contribution is 2.36. The maximum atomic E-state index is 13.2. The summed E-state index contributed by atoms with van der Waals surface area (Å²) in [4.78, 5) is 31.8. The third-order valence-corrected chi connectivity index (χ3v) is 6.24. The number of esters is 1. The number of hydrogen-bond acceptors (Lipinski definition) is 6. The summed E-state index contributed by atoms with van der Waals surface area (Å²) >= 11 is 0. The molecule has 2 bridgehead atoms. The number of rotatable bonds is 4. The summed E-state index contributed by atoms with van der Waals surface area (Å²) < 4.78 is 8.65. The second-order valence-electron chi connectivity index (χ2n) is 8.20. The van der Waals surface area contributed by atoms with Crippen LogP contribution in [-0.4, -0.2) is 55.4 Å². The van der Waals surface area contributed by atoms with Crippen molar-refractivity contribution < 1.29 is 9.53 Å². The van der Waals surface area contributed by atoms with Gasteiger partial charge in [-0.25, -0.2) is 9.78 Å². The van der Waals surface area contributed by atoms with E-state index in [2.05, 4.69) is 26.1 Å². The van der Waals surface area contributed by atoms with Crippen molar-refractivity contribution in [1.82, 2.24) is 29.2 Å². The number of carbonyl (C=O) groups is 1. The molecule has 1 N–H and O–H groups in total. The Labute approximate surface area is 173 Å². The number of likely N-dealkylation sites (tertiary alicyclic amines) is 1. The van der Waals surface area contributed by atoms with Crippen molar-refractivity contribution in [1.29, 1.82) is 0 Å². The van der Waals surface area contributed by atoms with Gasteiger partial charge in [-0.2, -0.15) is 5.10 Å². The molecule has 3 aromatic rings. The molecule has 1 saturated heterocycles. The molecule has 156 valence electrons. The summed E-state index contributed by atoms with van der Waals surface area (Å²) in [7, 11) is 3.27. The second kappa shape index (κ2) is 7.24. The standard InChI is InChI=1S/C21H24N6O3/c1-25-6-5-22-19(25)16-3-4-17-14-7-13(10-27(17)20(16)28)9-26(11-14)12-15-8-23-24-18(15)21(29)30-2/h3-6,8,13-14H,7,9-12H2,1-2H3,(H,23,24)/t13-,14+/m0/s1. The lowest BCUT2D eigenvalue weighted by atomic mass is 9.82. The van der Waals surface area contributed by atoms with E-state index in [1.54, 1.807) is 12.4 Å². The van der Waals surface area contributed by atoms with Crippen LogP contribution >= 0.6 is 0 Å². The van der Waals surface area contributed by atoms with Gasteiger partial charge in [0.25, 0.3) is 5.56 Å². The van der Waals surface area contributed by atoms with E-state index in [-0.39, 0.29) is 11.5 Å². The van der Waals surface area contributed by atoms with Gasteiger partial charge in [-0.1, -0.05) is 0 Å². The van der Waals surface area contributed by atoms with Crippen molar-refractivity contribution in [2.75, 3.05) is 20.2 Å². The molecule has 5 rings (SSSR count). The van der Waals surface area contributed by atoms with Crippen LogP contribution < -0.4 is 5.56 Å². The number of carbonyl (C=O) groups excluding carboxylic acids is 1. The van der Waals surface area contributed by atoms with Crippen LogP contribution in [-0.2, 0) is 24.9 Å². The predicted octanol–water partition coefficient (Wildman–Crippen LogP) is 1.38. The van der Waals surface area contributed by atoms with Gasteiger partial charge in [-0.15, -0.1) is 0 Å². The maximum absolute atomic E-state index is 13.2. The highest BCUT2D eigenvalue weighted by Gasteiger charge is 2.35. The highest BCUT2D eigenvalue weighted by molar-refractivity contribution is 5.88. The first-order valence-electron chi connectivity index (χ1n) is 10.1. The fraction of sp³-hybridized carbons (Fsp3) is 0.429. The van der Waals surface area contributed by atoms with Gasteiger partial charge in [-0.05, 0) is 24.5 Å². The van der Waals surface area contributed by atoms with Crippen LogP contribution in [0.1, 0.15) is 34.1 Å². The summed E-state index contributed by atoms with van der Waals surface area (Å²) in [6.07, 6.45) is 6.33. The average Bonchev–Trinajstić information content (AvgIpc) is 3.37. The Balaban J connectivity index is 1.41. The van der Waals surface area contributed by atoms with Crippen molar-refractivity contribution in [3.05, 3.63) is 58.0 Å². The third-order valence-electron chi connectivity index (χ3n) is 6.24. The van der Waals surface area contributed by atoms with E-state index >= 15 is 0 Å². The van der Waals surface area contributed by atoms with Gasteiger partial charge in [-0.3, -0.25) is 14.8 Å². The minimum Gasteiger partial charge on any atom is -0.464 e. The molecule has 0 radical (unpaired) electrons. The Kier molecular flexibility index (Phi) is 4.54. The number of hydrogen-bond donors (Lipinski definition) is 1. The largest absolute Gasteiger partial charge is 0.464 e. The number of piperidine rings is 1. The number of aromatic amines is 1. The maximum Gasteiger partial charge on any atom is 0.356 e. The average molecular weight is 408 g/mol. The summed E-state index contributed by atoms with van der Waals surface area (Å²) in [5.74, 6) is 0.967. The molecule has 30 heavy (non-hydrogen) atoms. The summed E-state index contributed by atoms with van der Waals surface area (Å²) in [6, 6.07) is 3.98. The molecule has 0 saturated carbocycles. The van der Waals surface area contributed by atoms with Gasteiger partial charge in [0.15, 0.2) is 0 Å². The number of nitrogens with zero attached hydrogens (tertiary/aromatic N) is 5. The van der Waals surface area contributed by atoms with Crippen molar-refractivity contribution in [2.24, 2.45) is 13.0 Å². The monoisotopic (exact) mass is 408 g/mol. The van der Waals surface area contributed by atoms with Crippen molar-refractivity contribution in [3.63, 3.8) is 0 Å². The first-order chi connectivity index (χ1) is 14.5. The van der Waals surface area contributed by atoms with E-state index < -0.39 is 5.97 Å². The van der Waals surface area contributed by atoms with Crippen molar-refractivity contribution in [2.45, 2.75) is 25.4 Å². The highest BCUT2D eigenvalue weighted by atomic mass is 16.5. The fourth-order valence-corrected chi connectivity index (χ4v) is 4.92. The summed E-state index contributed by atoms with van der Waals surface area (Å²) in [6.45, 7) is 3.04. The first-order valence-corrected chi connectivity index (χ1v) is 10.1. The summed E-state index contributed by atoms with van der Waals surface area (Å²) in [5, 5.41) is 6.75. The molecule has 9 heteroatoms. The number of nitrogens with one attached hydrogen (secondary N) is 1. The van der Waals surface area contributed by atoms with Crippen LogP contribution in [0.25, 0.3) is 11.4 Å². The van der Waals surface area contributed by atoms with E-state index in [4.69, 9.17) is 4.74 Å². The molecule has 2 aliphatic rings. The molecule has 9 nitrogen and oxygen atoms in total. The van der Waals surface area contributed by atoms with Crippen LogP contribution in [0.5, 0.6) is 0 Å². The Morgan fingerprint density at radius 3 is 2.93 bits per heavy atom. The number of aromatic nitrogens is 5. The molecule has 1 fully saturated rings. The molecule has 3 aromatic heterocycles. The van der Waals surface area contributed by atoms with Gasteiger partial charge in [0, 0.05) is 62.8 Å². The quantitative estimate of drug-likeness (QED) is 0.655. The Bertz CT molecular complexity index is 1160. The van der Waals surface area contributed by atoms with Crippen LogP contribution in [0.3, 0.4) is 0 Å². The SMILES string of the molecule is COC(=O)c1[nH]ncc1CN1C[C@@H]2C[C@H](C1)c1ccc(-c3nccn3C)c(=O)n1C2. The molecule has 0 unspecified atom stereocenters. The normalized spacial score (nSPS) is 20.7. The van der Waals surface area contributed by atoms with Crippen LogP contribution in [0.2, 0.25) is 0 Å². The summed E-state index contributed by atoms with van der Waals surface area (Å²) in [5.41, 5.74) is 3.00. The van der Waals surface area contributed by atoms with E-state index in [9.17, 15) is 9.59 Å². The van der Waals surface area contributed by atoms with E-state index in [1.807, 2.05) is 28.4 Å². The molecule has 0 spiro atoms. The number of pyridine rings is 1. The lowest BCUT2D eigenvalue weighted by molar-refractivity contribution is 0.0589. The fourth-order valence-electron chi connectivity index (χ4n) is 4.92. The lowest BCUT2D eigenvalue weighted by Crippen LogP contribution is -2.47. The number of aryl methyl sites for hydroxylation is 1. The lowest BCUT2D eigenvalue weighted by Gasteiger charge is -2.42. The molecule has 0 aliphatic carbocycles. The smallest absolute Gasteiger partial charge is 0.356 e. The van der Waals surface area contributed by atoms with Gasteiger partial charge < -0.3 is 13.9 Å². The van der Waals surface area contributed by atoms with E-state index in [1.165, 1.54) is 7.11 Å². The zero-order valence-electron chi connectivity index (χ0n) is 17.0. The van der Waals surface area contributed by atoms with Crippen molar-refractivity contribution in [3.8, 4) is 11.4 Å². The van der Waals surface area contributed by atoms with Gasteiger partial charge >= 0.3 is 5.97 Å². The Morgan fingerprint density at radius 1 is 1.30 bits per heavy atom. The minimum absolute atomic E-state index is 0.0350. The van der Waals surface area contributed by atoms with Gasteiger partial charge in [0.2, 0.25) is 0 Å². The molecule has 0 aromatic carbocycles. The van der Waals surface area contributed by atoms with E-state index in [0.717, 1.165) is 30.8 Å². The van der Waals surface area contributed by atoms with E-state index in [0.29, 0.717) is 36.1 Å².